The largest absolute Gasteiger partial charge is 0.465 e. The molecule has 1 aromatic carbocycles. The van der Waals surface area contributed by atoms with Crippen LogP contribution in [0.4, 0.5) is 9.80 Å². The zero-order valence-corrected chi connectivity index (χ0v) is 18.4. The molecule has 162 valence electrons. The molecule has 0 saturated carbocycles. The molecule has 1 aliphatic rings. The lowest BCUT2D eigenvalue weighted by Gasteiger charge is -2.18. The zero-order chi connectivity index (χ0) is 22.9. The molecule has 1 aromatic heterocycles. The molecule has 1 N–H and O–H groups in total. The third-order valence-electron chi connectivity index (χ3n) is 4.50. The summed E-state index contributed by atoms with van der Waals surface area (Å²) in [6.45, 7) is 2.49. The van der Waals surface area contributed by atoms with Gasteiger partial charge in [0.15, 0.2) is 0 Å². The van der Waals surface area contributed by atoms with E-state index in [1.807, 2.05) is 0 Å². The average Bonchev–Trinajstić information content (AvgIpc) is 3.22. The highest BCUT2D eigenvalue weighted by Crippen LogP contribution is 2.39. The first kappa shape index (κ1) is 22.4. The number of hydrogen-bond acceptors (Lipinski definition) is 7. The van der Waals surface area contributed by atoms with Crippen molar-refractivity contribution in [3.8, 4) is 11.1 Å². The molecular formula is C20H18ClN3O6S. The Balaban J connectivity index is 1.86. The molecule has 2 heterocycles. The van der Waals surface area contributed by atoms with Gasteiger partial charge in [-0.05, 0) is 19.9 Å². The Morgan fingerprint density at radius 1 is 1.13 bits per heavy atom. The van der Waals surface area contributed by atoms with E-state index in [1.165, 1.54) is 7.11 Å². The second-order valence-electron chi connectivity index (χ2n) is 6.82. The van der Waals surface area contributed by atoms with Crippen molar-refractivity contribution in [1.82, 2.24) is 9.80 Å². The van der Waals surface area contributed by atoms with Crippen LogP contribution in [-0.4, -0.2) is 59.2 Å². The summed E-state index contributed by atoms with van der Waals surface area (Å²) in [6.07, 6.45) is 0. The van der Waals surface area contributed by atoms with Gasteiger partial charge in [-0.15, -0.1) is 11.3 Å². The fourth-order valence-electron chi connectivity index (χ4n) is 3.06. The molecule has 5 amide bonds. The van der Waals surface area contributed by atoms with E-state index in [2.05, 4.69) is 5.32 Å². The number of urea groups is 1. The van der Waals surface area contributed by atoms with Crippen LogP contribution in [0.3, 0.4) is 0 Å². The van der Waals surface area contributed by atoms with E-state index in [1.54, 1.807) is 43.5 Å². The number of ether oxygens (including phenoxy) is 1. The number of nitrogens with one attached hydrogen (secondary N) is 1. The molecule has 2 aromatic rings. The molecule has 0 unspecified atom stereocenters. The number of esters is 1. The Hall–Kier alpha value is -3.24. The number of nitrogens with zero attached hydrogens (tertiary/aromatic N) is 2. The van der Waals surface area contributed by atoms with E-state index in [9.17, 15) is 24.0 Å². The van der Waals surface area contributed by atoms with Gasteiger partial charge in [-0.2, -0.15) is 0 Å². The van der Waals surface area contributed by atoms with Crippen molar-refractivity contribution in [3.05, 3.63) is 40.2 Å². The Labute approximate surface area is 186 Å². The SMILES string of the molecule is COC(=O)c1c(-c2ccccc2Cl)csc1NC(=O)CN1C(=O)C(=O)N(C(C)C)C1=O. The molecule has 1 fully saturated rings. The lowest BCUT2D eigenvalue weighted by molar-refractivity contribution is -0.144. The Kier molecular flexibility index (Phi) is 6.42. The summed E-state index contributed by atoms with van der Waals surface area (Å²) < 4.78 is 4.84. The van der Waals surface area contributed by atoms with Gasteiger partial charge in [-0.1, -0.05) is 29.8 Å². The summed E-state index contributed by atoms with van der Waals surface area (Å²) in [4.78, 5) is 62.8. The number of amides is 5. The molecule has 11 heteroatoms. The van der Waals surface area contributed by atoms with Gasteiger partial charge in [0.25, 0.3) is 0 Å². The fourth-order valence-corrected chi connectivity index (χ4v) is 4.26. The highest BCUT2D eigenvalue weighted by atomic mass is 35.5. The van der Waals surface area contributed by atoms with E-state index in [4.69, 9.17) is 16.3 Å². The summed E-state index contributed by atoms with van der Waals surface area (Å²) in [6, 6.07) is 5.48. The number of carbonyl (C=O) groups is 5. The molecule has 0 spiro atoms. The topological polar surface area (TPSA) is 113 Å². The first-order valence-electron chi connectivity index (χ1n) is 9.10. The van der Waals surface area contributed by atoms with Crippen molar-refractivity contribution >= 4 is 57.7 Å². The van der Waals surface area contributed by atoms with Crippen LogP contribution >= 0.6 is 22.9 Å². The van der Waals surface area contributed by atoms with E-state index < -0.39 is 42.3 Å². The minimum atomic E-state index is -1.08. The first-order valence-corrected chi connectivity index (χ1v) is 10.4. The molecule has 3 rings (SSSR count). The summed E-state index contributed by atoms with van der Waals surface area (Å²) in [5, 5.41) is 4.73. The van der Waals surface area contributed by atoms with Gasteiger partial charge < -0.3 is 10.1 Å². The van der Waals surface area contributed by atoms with Gasteiger partial charge in [-0.25, -0.2) is 14.5 Å². The second-order valence-corrected chi connectivity index (χ2v) is 8.10. The molecule has 0 atom stereocenters. The van der Waals surface area contributed by atoms with E-state index in [-0.39, 0.29) is 10.6 Å². The van der Waals surface area contributed by atoms with Crippen LogP contribution in [-0.2, 0) is 19.1 Å². The quantitative estimate of drug-likeness (QED) is 0.400. The molecule has 31 heavy (non-hydrogen) atoms. The van der Waals surface area contributed by atoms with Gasteiger partial charge in [0.05, 0.1) is 7.11 Å². The van der Waals surface area contributed by atoms with Crippen LogP contribution in [0.1, 0.15) is 24.2 Å². The second kappa shape index (κ2) is 8.86. The first-order chi connectivity index (χ1) is 14.7. The van der Waals surface area contributed by atoms with Gasteiger partial charge >= 0.3 is 23.8 Å². The normalized spacial score (nSPS) is 13.9. The smallest absolute Gasteiger partial charge is 0.341 e. The summed E-state index contributed by atoms with van der Waals surface area (Å²) >= 11 is 7.30. The van der Waals surface area contributed by atoms with E-state index in [0.29, 0.717) is 21.0 Å². The third kappa shape index (κ3) is 4.17. The maximum atomic E-state index is 12.6. The zero-order valence-electron chi connectivity index (χ0n) is 16.8. The van der Waals surface area contributed by atoms with Crippen LogP contribution < -0.4 is 5.32 Å². The van der Waals surface area contributed by atoms with Crippen molar-refractivity contribution in [2.45, 2.75) is 19.9 Å². The molecular weight excluding hydrogens is 446 g/mol. The number of thiophene rings is 1. The number of halogens is 1. The van der Waals surface area contributed by atoms with E-state index in [0.717, 1.165) is 16.2 Å². The lowest BCUT2D eigenvalue weighted by Crippen LogP contribution is -2.40. The number of hydrogen-bond donors (Lipinski definition) is 1. The highest BCUT2D eigenvalue weighted by molar-refractivity contribution is 7.15. The van der Waals surface area contributed by atoms with Crippen LogP contribution in [0.25, 0.3) is 11.1 Å². The van der Waals surface area contributed by atoms with Crippen LogP contribution in [0.5, 0.6) is 0 Å². The van der Waals surface area contributed by atoms with Crippen LogP contribution in [0.2, 0.25) is 5.02 Å². The summed E-state index contributed by atoms with van der Waals surface area (Å²) in [5.41, 5.74) is 1.13. The van der Waals surface area contributed by atoms with Crippen molar-refractivity contribution in [2.24, 2.45) is 0 Å². The number of imide groups is 2. The van der Waals surface area contributed by atoms with Crippen molar-refractivity contribution in [2.75, 3.05) is 19.0 Å². The van der Waals surface area contributed by atoms with Gasteiger partial charge in [-0.3, -0.25) is 19.3 Å². The number of carbonyl (C=O) groups excluding carboxylic acids is 5. The maximum Gasteiger partial charge on any atom is 0.341 e. The number of benzene rings is 1. The Morgan fingerprint density at radius 2 is 1.81 bits per heavy atom. The number of methoxy groups -OCH3 is 1. The molecule has 0 radical (unpaired) electrons. The average molecular weight is 464 g/mol. The minimum absolute atomic E-state index is 0.0907. The highest BCUT2D eigenvalue weighted by Gasteiger charge is 2.46. The van der Waals surface area contributed by atoms with E-state index >= 15 is 0 Å². The van der Waals surface area contributed by atoms with Crippen molar-refractivity contribution in [3.63, 3.8) is 0 Å². The molecule has 1 aliphatic heterocycles. The molecule has 0 bridgehead atoms. The van der Waals surface area contributed by atoms with Crippen molar-refractivity contribution < 1.29 is 28.7 Å². The van der Waals surface area contributed by atoms with Crippen molar-refractivity contribution in [1.29, 1.82) is 0 Å². The van der Waals surface area contributed by atoms with Gasteiger partial charge in [0.1, 0.15) is 17.1 Å². The summed E-state index contributed by atoms with van der Waals surface area (Å²) in [5.74, 6) is -3.51. The lowest BCUT2D eigenvalue weighted by atomic mass is 10.0. The summed E-state index contributed by atoms with van der Waals surface area (Å²) in [7, 11) is 1.20. The standard InChI is InChI=1S/C20H18ClN3O6S/c1-10(2)24-18(27)17(26)23(20(24)29)8-14(25)22-16-15(19(28)30-3)12(9-31-16)11-6-4-5-7-13(11)21/h4-7,9-10H,8H2,1-3H3,(H,22,25). The Morgan fingerprint density at radius 3 is 2.39 bits per heavy atom. The molecule has 1 saturated heterocycles. The molecule has 0 aliphatic carbocycles. The van der Waals surface area contributed by atoms with Crippen LogP contribution in [0.15, 0.2) is 29.6 Å². The number of rotatable bonds is 6. The van der Waals surface area contributed by atoms with Gasteiger partial charge in [0, 0.05) is 27.6 Å². The molecule has 9 nitrogen and oxygen atoms in total. The predicted molar refractivity (Wildman–Crippen MR) is 114 cm³/mol. The maximum absolute atomic E-state index is 12.6. The third-order valence-corrected chi connectivity index (χ3v) is 5.72. The fraction of sp³-hybridized carbons (Fsp3) is 0.250. The minimum Gasteiger partial charge on any atom is -0.465 e. The van der Waals surface area contributed by atoms with Gasteiger partial charge in [0.2, 0.25) is 5.91 Å². The monoisotopic (exact) mass is 463 g/mol. The Bertz CT molecular complexity index is 1100. The number of anilines is 1. The van der Waals surface area contributed by atoms with Crippen LogP contribution in [0, 0.1) is 0 Å². The predicted octanol–water partition coefficient (Wildman–Crippen LogP) is 2.99.